The largest absolute Gasteiger partial charge is 0.497 e. The van der Waals surface area contributed by atoms with Gasteiger partial charge in [-0.2, -0.15) is 5.10 Å². The first kappa shape index (κ1) is 27.5. The lowest BCUT2D eigenvalue weighted by molar-refractivity contribution is -0.136. The van der Waals surface area contributed by atoms with Crippen molar-refractivity contribution in [1.82, 2.24) is 5.43 Å². The Kier molecular flexibility index (Phi) is 9.91. The second kappa shape index (κ2) is 13.3. The Bertz CT molecular complexity index is 1300. The van der Waals surface area contributed by atoms with E-state index in [0.29, 0.717) is 51.9 Å². The fraction of sp³-hybridized carbons (Fsp3) is 0.222. The summed E-state index contributed by atoms with van der Waals surface area (Å²) in [5, 5.41) is 6.38. The second-order valence-corrected chi connectivity index (χ2v) is 8.55. The zero-order chi connectivity index (χ0) is 26.8. The van der Waals surface area contributed by atoms with Crippen LogP contribution in [0.5, 0.6) is 23.0 Å². The van der Waals surface area contributed by atoms with Gasteiger partial charge in [0, 0.05) is 6.07 Å². The first-order valence-corrected chi connectivity index (χ1v) is 12.2. The fourth-order valence-corrected chi connectivity index (χ4v) is 3.86. The summed E-state index contributed by atoms with van der Waals surface area (Å²) < 4.78 is 22.8. The molecule has 0 aliphatic heterocycles. The van der Waals surface area contributed by atoms with Gasteiger partial charge in [0.05, 0.1) is 37.2 Å². The molecule has 3 aromatic rings. The number of methoxy groups -OCH3 is 2. The number of aryl methyl sites for hydroxylation is 1. The number of anilines is 1. The molecule has 0 heterocycles. The van der Waals surface area contributed by atoms with Gasteiger partial charge in [0.2, 0.25) is 0 Å². The highest BCUT2D eigenvalue weighted by Gasteiger charge is 2.16. The molecule has 0 aliphatic rings. The first-order valence-electron chi connectivity index (χ1n) is 11.4. The number of halogens is 1. The Balaban J connectivity index is 1.66. The minimum atomic E-state index is -0.948. The average Bonchev–Trinajstić information content (AvgIpc) is 2.89. The number of nitrogens with one attached hydrogen (secondary N) is 2. The second-order valence-electron chi connectivity index (χ2n) is 7.70. The van der Waals surface area contributed by atoms with Gasteiger partial charge in [-0.15, -0.1) is 0 Å². The molecule has 0 fully saturated rings. The Morgan fingerprint density at radius 1 is 0.973 bits per heavy atom. The maximum atomic E-state index is 12.3. The van der Waals surface area contributed by atoms with Crippen LogP contribution in [0.3, 0.4) is 0 Å². The predicted octanol–water partition coefficient (Wildman–Crippen LogP) is 4.84. The van der Waals surface area contributed by atoms with Crippen LogP contribution in [0.4, 0.5) is 5.69 Å². The number of hydrogen-bond acceptors (Lipinski definition) is 7. The summed E-state index contributed by atoms with van der Waals surface area (Å²) in [7, 11) is 2.96. The molecule has 0 saturated carbocycles. The normalized spacial score (nSPS) is 10.6. The fourth-order valence-electron chi connectivity index (χ4n) is 3.28. The van der Waals surface area contributed by atoms with Crippen LogP contribution in [-0.2, 0) is 16.2 Å². The van der Waals surface area contributed by atoms with Crippen LogP contribution in [0.25, 0.3) is 0 Å². The van der Waals surface area contributed by atoms with Crippen molar-refractivity contribution >= 4 is 39.6 Å². The summed E-state index contributed by atoms with van der Waals surface area (Å²) in [6.07, 6.45) is 1.40. The van der Waals surface area contributed by atoms with Gasteiger partial charge in [-0.05, 0) is 70.7 Å². The number of carbonyl (C=O) groups excluding carboxylic acids is 2. The van der Waals surface area contributed by atoms with Gasteiger partial charge in [0.25, 0.3) is 0 Å². The summed E-state index contributed by atoms with van der Waals surface area (Å²) in [5.74, 6) is 0.116. The van der Waals surface area contributed by atoms with Crippen molar-refractivity contribution in [2.24, 2.45) is 5.10 Å². The molecule has 0 aromatic heterocycles. The third-order valence-corrected chi connectivity index (χ3v) is 5.80. The number of nitrogens with zero attached hydrogens (tertiary/aromatic N) is 1. The predicted molar refractivity (Wildman–Crippen MR) is 145 cm³/mol. The van der Waals surface area contributed by atoms with E-state index in [1.165, 1.54) is 20.4 Å². The zero-order valence-electron chi connectivity index (χ0n) is 21.0. The number of amides is 2. The molecule has 0 radical (unpaired) electrons. The molecule has 0 unspecified atom stereocenters. The summed E-state index contributed by atoms with van der Waals surface area (Å²) >= 11 is 3.53. The minimum absolute atomic E-state index is 0.319. The summed E-state index contributed by atoms with van der Waals surface area (Å²) in [4.78, 5) is 24.5. The molecule has 2 N–H and O–H groups in total. The van der Waals surface area contributed by atoms with E-state index < -0.39 is 11.8 Å². The van der Waals surface area contributed by atoms with Crippen molar-refractivity contribution in [3.63, 3.8) is 0 Å². The monoisotopic (exact) mass is 569 g/mol. The van der Waals surface area contributed by atoms with Crippen molar-refractivity contribution < 1.29 is 28.5 Å². The molecule has 0 spiro atoms. The van der Waals surface area contributed by atoms with Gasteiger partial charge in [-0.1, -0.05) is 24.3 Å². The molecule has 9 nitrogen and oxygen atoms in total. The molecule has 194 valence electrons. The maximum Gasteiger partial charge on any atom is 0.329 e. The SMILES string of the molecule is CCOc1cc(/C=N/NC(=O)C(=O)Nc2ccc(OC)cc2OC)cc(Br)c1OCc1ccccc1C. The zero-order valence-corrected chi connectivity index (χ0v) is 22.5. The molecule has 0 atom stereocenters. The molecular formula is C27H28BrN3O6. The van der Waals surface area contributed by atoms with Crippen LogP contribution >= 0.6 is 15.9 Å². The van der Waals surface area contributed by atoms with E-state index in [4.69, 9.17) is 18.9 Å². The number of ether oxygens (including phenoxy) is 4. The van der Waals surface area contributed by atoms with Crippen LogP contribution in [0.1, 0.15) is 23.6 Å². The third kappa shape index (κ3) is 7.47. The Labute approximate surface area is 223 Å². The average molecular weight is 570 g/mol. The molecule has 0 saturated heterocycles. The quantitative estimate of drug-likeness (QED) is 0.205. The summed E-state index contributed by atoms with van der Waals surface area (Å²) in [6.45, 7) is 4.71. The highest BCUT2D eigenvalue weighted by Crippen LogP contribution is 2.37. The van der Waals surface area contributed by atoms with Crippen molar-refractivity contribution in [2.45, 2.75) is 20.5 Å². The van der Waals surface area contributed by atoms with E-state index in [1.807, 2.05) is 38.1 Å². The summed E-state index contributed by atoms with van der Waals surface area (Å²) in [6, 6.07) is 16.3. The summed E-state index contributed by atoms with van der Waals surface area (Å²) in [5.41, 5.74) is 5.35. The van der Waals surface area contributed by atoms with E-state index in [2.05, 4.69) is 31.8 Å². The first-order chi connectivity index (χ1) is 17.9. The van der Waals surface area contributed by atoms with E-state index >= 15 is 0 Å². The number of hydrazone groups is 1. The van der Waals surface area contributed by atoms with Crippen molar-refractivity contribution in [3.8, 4) is 23.0 Å². The molecule has 2 amide bonds. The molecule has 37 heavy (non-hydrogen) atoms. The number of benzene rings is 3. The van der Waals surface area contributed by atoms with E-state index in [1.54, 1.807) is 30.3 Å². The smallest absolute Gasteiger partial charge is 0.329 e. The third-order valence-electron chi connectivity index (χ3n) is 5.21. The van der Waals surface area contributed by atoms with Gasteiger partial charge in [0.1, 0.15) is 18.1 Å². The molecule has 0 aliphatic carbocycles. The molecule has 3 aromatic carbocycles. The Morgan fingerprint density at radius 2 is 1.76 bits per heavy atom. The number of hydrogen-bond donors (Lipinski definition) is 2. The Hall–Kier alpha value is -4.05. The topological polar surface area (TPSA) is 107 Å². The van der Waals surface area contributed by atoms with Gasteiger partial charge in [0.15, 0.2) is 11.5 Å². The van der Waals surface area contributed by atoms with Crippen LogP contribution < -0.4 is 29.7 Å². The highest BCUT2D eigenvalue weighted by molar-refractivity contribution is 9.10. The van der Waals surface area contributed by atoms with Crippen LogP contribution in [0, 0.1) is 6.92 Å². The lowest BCUT2D eigenvalue weighted by atomic mass is 10.1. The lowest BCUT2D eigenvalue weighted by Gasteiger charge is -2.15. The van der Waals surface area contributed by atoms with Gasteiger partial charge in [-0.3, -0.25) is 9.59 Å². The molecule has 3 rings (SSSR count). The molecule has 10 heteroatoms. The van der Waals surface area contributed by atoms with Gasteiger partial charge < -0.3 is 24.3 Å². The standard InChI is InChI=1S/C27H28BrN3O6/c1-5-36-24-13-18(12-21(28)25(24)37-16-19-9-7-6-8-17(19)2)15-29-31-27(33)26(32)30-22-11-10-20(34-3)14-23(22)35-4/h6-15H,5,16H2,1-4H3,(H,30,32)(H,31,33)/b29-15+. The lowest BCUT2D eigenvalue weighted by Crippen LogP contribution is -2.32. The number of carbonyl (C=O) groups is 2. The van der Waals surface area contributed by atoms with E-state index in [9.17, 15) is 9.59 Å². The van der Waals surface area contributed by atoms with Crippen LogP contribution in [0.2, 0.25) is 0 Å². The van der Waals surface area contributed by atoms with E-state index in [0.717, 1.165) is 11.1 Å². The van der Waals surface area contributed by atoms with Crippen molar-refractivity contribution in [2.75, 3.05) is 26.1 Å². The Morgan fingerprint density at radius 3 is 2.46 bits per heavy atom. The maximum absolute atomic E-state index is 12.3. The highest BCUT2D eigenvalue weighted by atomic mass is 79.9. The number of rotatable bonds is 10. The van der Waals surface area contributed by atoms with Gasteiger partial charge in [-0.25, -0.2) is 5.43 Å². The van der Waals surface area contributed by atoms with Gasteiger partial charge >= 0.3 is 11.8 Å². The van der Waals surface area contributed by atoms with Crippen LogP contribution in [-0.4, -0.2) is 38.9 Å². The van der Waals surface area contributed by atoms with Crippen molar-refractivity contribution in [1.29, 1.82) is 0 Å². The molecule has 0 bridgehead atoms. The van der Waals surface area contributed by atoms with Crippen molar-refractivity contribution in [3.05, 3.63) is 75.8 Å². The van der Waals surface area contributed by atoms with Crippen LogP contribution in [0.15, 0.2) is 64.2 Å². The molecular weight excluding hydrogens is 542 g/mol. The minimum Gasteiger partial charge on any atom is -0.497 e. The van der Waals surface area contributed by atoms with E-state index in [-0.39, 0.29) is 0 Å².